The van der Waals surface area contributed by atoms with Gasteiger partial charge in [-0.05, 0) is 0 Å². The van der Waals surface area contributed by atoms with Crippen LogP contribution in [0.2, 0.25) is 0 Å². The summed E-state index contributed by atoms with van der Waals surface area (Å²) in [6.45, 7) is 1.12. The van der Waals surface area contributed by atoms with Gasteiger partial charge in [0.25, 0.3) is 0 Å². The number of nitriles is 1. The molecule has 1 heterocycles. The molecule has 0 radical (unpaired) electrons. The van der Waals surface area contributed by atoms with E-state index in [9.17, 15) is 9.59 Å². The zero-order chi connectivity index (χ0) is 9.68. The van der Waals surface area contributed by atoms with Crippen molar-refractivity contribution < 1.29 is 9.59 Å². The van der Waals surface area contributed by atoms with Gasteiger partial charge >= 0.3 is 6.03 Å². The zero-order valence-corrected chi connectivity index (χ0v) is 7.04. The van der Waals surface area contributed by atoms with Crippen LogP contribution in [0.25, 0.3) is 0 Å². The highest BCUT2D eigenvalue weighted by Crippen LogP contribution is 1.94. The van der Waals surface area contributed by atoms with Crippen molar-refractivity contribution in [2.75, 3.05) is 26.2 Å². The van der Waals surface area contributed by atoms with Gasteiger partial charge in [-0.15, -0.1) is 0 Å². The van der Waals surface area contributed by atoms with Crippen molar-refractivity contribution in [3.05, 3.63) is 0 Å². The minimum Gasteiger partial charge on any atom is -0.341 e. The SMILES string of the molecule is N#CCNC(=O)CN1CCNC1=O. The van der Waals surface area contributed by atoms with Gasteiger partial charge in [0, 0.05) is 13.1 Å². The second-order valence-electron chi connectivity index (χ2n) is 2.59. The highest BCUT2D eigenvalue weighted by molar-refractivity contribution is 5.85. The molecular weight excluding hydrogens is 172 g/mol. The summed E-state index contributed by atoms with van der Waals surface area (Å²) in [4.78, 5) is 23.4. The number of amides is 3. The number of carbonyl (C=O) groups excluding carboxylic acids is 2. The van der Waals surface area contributed by atoms with Crippen LogP contribution in [0.4, 0.5) is 4.79 Å². The summed E-state index contributed by atoms with van der Waals surface area (Å²) in [6.07, 6.45) is 0. The Bertz CT molecular complexity index is 258. The number of rotatable bonds is 3. The fourth-order valence-corrected chi connectivity index (χ4v) is 1.03. The molecule has 70 valence electrons. The van der Waals surface area contributed by atoms with E-state index in [2.05, 4.69) is 10.6 Å². The lowest BCUT2D eigenvalue weighted by atomic mass is 10.5. The van der Waals surface area contributed by atoms with Crippen LogP contribution in [0.15, 0.2) is 0 Å². The molecule has 1 aliphatic rings. The fraction of sp³-hybridized carbons (Fsp3) is 0.571. The molecule has 6 nitrogen and oxygen atoms in total. The van der Waals surface area contributed by atoms with E-state index in [0.29, 0.717) is 13.1 Å². The average molecular weight is 182 g/mol. The monoisotopic (exact) mass is 182 g/mol. The predicted octanol–water partition coefficient (Wildman–Crippen LogP) is -1.35. The van der Waals surface area contributed by atoms with E-state index in [0.717, 1.165) is 0 Å². The molecule has 3 amide bonds. The van der Waals surface area contributed by atoms with Gasteiger partial charge in [0.15, 0.2) is 0 Å². The lowest BCUT2D eigenvalue weighted by molar-refractivity contribution is -0.121. The number of hydrogen-bond acceptors (Lipinski definition) is 3. The number of carbonyl (C=O) groups is 2. The molecule has 2 N–H and O–H groups in total. The van der Waals surface area contributed by atoms with Gasteiger partial charge in [0.05, 0.1) is 6.07 Å². The fourth-order valence-electron chi connectivity index (χ4n) is 1.03. The first kappa shape index (κ1) is 9.32. The van der Waals surface area contributed by atoms with E-state index in [1.807, 2.05) is 0 Å². The van der Waals surface area contributed by atoms with Gasteiger partial charge in [-0.2, -0.15) is 5.26 Å². The lowest BCUT2D eigenvalue weighted by Gasteiger charge is -2.12. The topological polar surface area (TPSA) is 85.2 Å². The van der Waals surface area contributed by atoms with E-state index in [1.165, 1.54) is 4.90 Å². The molecule has 0 aromatic heterocycles. The maximum absolute atomic E-state index is 11.0. The Hall–Kier alpha value is -1.77. The van der Waals surface area contributed by atoms with Crippen LogP contribution in [-0.4, -0.2) is 43.0 Å². The first-order chi connectivity index (χ1) is 6.24. The largest absolute Gasteiger partial charge is 0.341 e. The minimum absolute atomic E-state index is 0.0196. The summed E-state index contributed by atoms with van der Waals surface area (Å²) < 4.78 is 0. The van der Waals surface area contributed by atoms with Crippen molar-refractivity contribution in [3.8, 4) is 6.07 Å². The molecule has 6 heteroatoms. The van der Waals surface area contributed by atoms with Crippen molar-refractivity contribution in [2.45, 2.75) is 0 Å². The molecule has 0 unspecified atom stereocenters. The van der Waals surface area contributed by atoms with Crippen LogP contribution < -0.4 is 10.6 Å². The van der Waals surface area contributed by atoms with Gasteiger partial charge < -0.3 is 15.5 Å². The number of urea groups is 1. The third-order valence-corrected chi connectivity index (χ3v) is 1.64. The van der Waals surface area contributed by atoms with Crippen LogP contribution in [0, 0.1) is 11.3 Å². The lowest BCUT2D eigenvalue weighted by Crippen LogP contribution is -2.39. The van der Waals surface area contributed by atoms with Crippen LogP contribution >= 0.6 is 0 Å². The normalized spacial score (nSPS) is 15.0. The molecule has 1 aliphatic heterocycles. The second kappa shape index (κ2) is 4.30. The summed E-state index contributed by atoms with van der Waals surface area (Å²) >= 11 is 0. The minimum atomic E-state index is -0.307. The number of hydrogen-bond donors (Lipinski definition) is 2. The first-order valence-corrected chi connectivity index (χ1v) is 3.90. The predicted molar refractivity (Wildman–Crippen MR) is 43.6 cm³/mol. The van der Waals surface area contributed by atoms with Gasteiger partial charge in [-0.25, -0.2) is 4.79 Å². The van der Waals surface area contributed by atoms with E-state index >= 15 is 0 Å². The van der Waals surface area contributed by atoms with Crippen LogP contribution in [0.1, 0.15) is 0 Å². The molecule has 1 fully saturated rings. The molecule has 0 saturated carbocycles. The van der Waals surface area contributed by atoms with Crippen LogP contribution in [0.3, 0.4) is 0 Å². The highest BCUT2D eigenvalue weighted by Gasteiger charge is 2.21. The zero-order valence-electron chi connectivity index (χ0n) is 7.04. The van der Waals surface area contributed by atoms with E-state index in [4.69, 9.17) is 5.26 Å². The average Bonchev–Trinajstić information content (AvgIpc) is 2.48. The number of nitrogens with zero attached hydrogens (tertiary/aromatic N) is 2. The van der Waals surface area contributed by atoms with Crippen molar-refractivity contribution in [2.24, 2.45) is 0 Å². The van der Waals surface area contributed by atoms with Crippen molar-refractivity contribution >= 4 is 11.9 Å². The molecule has 0 spiro atoms. The summed E-state index contributed by atoms with van der Waals surface area (Å²) in [6, 6.07) is 1.55. The van der Waals surface area contributed by atoms with Gasteiger partial charge in [-0.1, -0.05) is 0 Å². The standard InChI is InChI=1S/C7H10N4O2/c8-1-2-9-6(12)5-11-4-3-10-7(11)13/h2-5H2,(H,9,12)(H,10,13). The molecule has 0 aromatic carbocycles. The Morgan fingerprint density at radius 3 is 3.08 bits per heavy atom. The van der Waals surface area contributed by atoms with Gasteiger partial charge in [0.1, 0.15) is 13.1 Å². The molecule has 1 rings (SSSR count). The van der Waals surface area contributed by atoms with E-state index in [1.54, 1.807) is 6.07 Å². The van der Waals surface area contributed by atoms with Crippen LogP contribution in [0.5, 0.6) is 0 Å². The summed E-state index contributed by atoms with van der Waals surface area (Å²) in [5.74, 6) is -0.307. The third kappa shape index (κ3) is 2.63. The van der Waals surface area contributed by atoms with E-state index in [-0.39, 0.29) is 25.0 Å². The Labute approximate surface area is 75.5 Å². The van der Waals surface area contributed by atoms with E-state index < -0.39 is 0 Å². The quantitative estimate of drug-likeness (QED) is 0.529. The maximum atomic E-state index is 11.0. The molecule has 1 saturated heterocycles. The maximum Gasteiger partial charge on any atom is 0.317 e. The summed E-state index contributed by atoms with van der Waals surface area (Å²) in [5, 5.41) is 13.1. The Balaban J connectivity index is 2.28. The molecule has 0 aliphatic carbocycles. The molecule has 0 aromatic rings. The molecule has 13 heavy (non-hydrogen) atoms. The first-order valence-electron chi connectivity index (χ1n) is 3.90. The molecular formula is C7H10N4O2. The smallest absolute Gasteiger partial charge is 0.317 e. The Kier molecular flexibility index (Phi) is 3.09. The third-order valence-electron chi connectivity index (χ3n) is 1.64. The highest BCUT2D eigenvalue weighted by atomic mass is 16.2. The molecule has 0 atom stereocenters. The van der Waals surface area contributed by atoms with Crippen LogP contribution in [-0.2, 0) is 4.79 Å². The number of nitrogens with one attached hydrogen (secondary N) is 2. The van der Waals surface area contributed by atoms with Gasteiger partial charge in [-0.3, -0.25) is 4.79 Å². The van der Waals surface area contributed by atoms with Crippen molar-refractivity contribution in [1.82, 2.24) is 15.5 Å². The Morgan fingerprint density at radius 2 is 2.54 bits per heavy atom. The summed E-state index contributed by atoms with van der Waals surface area (Å²) in [5.41, 5.74) is 0. The second-order valence-corrected chi connectivity index (χ2v) is 2.59. The van der Waals surface area contributed by atoms with Gasteiger partial charge in [0.2, 0.25) is 5.91 Å². The summed E-state index contributed by atoms with van der Waals surface area (Å²) in [7, 11) is 0. The van der Waals surface area contributed by atoms with Crippen molar-refractivity contribution in [1.29, 1.82) is 5.26 Å². The Morgan fingerprint density at radius 1 is 1.77 bits per heavy atom. The molecule has 0 bridgehead atoms. The van der Waals surface area contributed by atoms with Crippen molar-refractivity contribution in [3.63, 3.8) is 0 Å².